The smallest absolute Gasteiger partial charge is 0.378 e. The first kappa shape index (κ1) is 17.5. The number of benzene rings is 1. The number of morpholine rings is 1. The lowest BCUT2D eigenvalue weighted by Crippen LogP contribution is -2.40. The van der Waals surface area contributed by atoms with Crippen LogP contribution in [0.4, 0.5) is 13.2 Å². The number of amides is 1. The number of nitrogens with zero attached hydrogens (tertiary/aromatic N) is 3. The molecule has 1 fully saturated rings. The van der Waals surface area contributed by atoms with Gasteiger partial charge in [0.2, 0.25) is 0 Å². The molecule has 0 spiro atoms. The summed E-state index contributed by atoms with van der Waals surface area (Å²) in [4.78, 5) is 18.6. The van der Waals surface area contributed by atoms with Gasteiger partial charge in [-0.15, -0.1) is 0 Å². The van der Waals surface area contributed by atoms with Crippen LogP contribution < -0.4 is 0 Å². The maximum absolute atomic E-state index is 12.7. The molecule has 1 aliphatic rings. The van der Waals surface area contributed by atoms with Crippen LogP contribution in [0.25, 0.3) is 16.8 Å². The lowest BCUT2D eigenvalue weighted by atomic mass is 10.1. The van der Waals surface area contributed by atoms with Gasteiger partial charge in [-0.05, 0) is 35.4 Å². The zero-order valence-corrected chi connectivity index (χ0v) is 14.2. The average Bonchev–Trinajstić information content (AvgIpc) is 3.11. The molecule has 1 aromatic carbocycles. The van der Waals surface area contributed by atoms with Gasteiger partial charge in [-0.25, -0.2) is 4.98 Å². The molecule has 27 heavy (non-hydrogen) atoms. The zero-order chi connectivity index (χ0) is 19.0. The molecule has 1 aliphatic heterocycles. The van der Waals surface area contributed by atoms with Crippen molar-refractivity contribution in [3.05, 3.63) is 60.0 Å². The number of pyridine rings is 1. The van der Waals surface area contributed by atoms with E-state index in [9.17, 15) is 18.0 Å². The highest BCUT2D eigenvalue weighted by Gasteiger charge is 2.30. The van der Waals surface area contributed by atoms with Gasteiger partial charge in [-0.2, -0.15) is 13.2 Å². The van der Waals surface area contributed by atoms with E-state index >= 15 is 0 Å². The molecule has 1 amide bonds. The first-order chi connectivity index (χ1) is 12.9. The zero-order valence-electron chi connectivity index (χ0n) is 14.2. The molecule has 4 rings (SSSR count). The Morgan fingerprint density at radius 3 is 2.30 bits per heavy atom. The van der Waals surface area contributed by atoms with E-state index in [2.05, 4.69) is 4.98 Å². The Bertz CT molecular complexity index is 974. The number of hydrogen-bond acceptors (Lipinski definition) is 3. The third-order valence-electron chi connectivity index (χ3n) is 4.51. The first-order valence-electron chi connectivity index (χ1n) is 8.45. The number of hydrogen-bond donors (Lipinski definition) is 0. The number of carbonyl (C=O) groups excluding carboxylic acids is 1. The summed E-state index contributed by atoms with van der Waals surface area (Å²) in [6.45, 7) is 2.08. The van der Waals surface area contributed by atoms with E-state index in [-0.39, 0.29) is 5.91 Å². The van der Waals surface area contributed by atoms with Gasteiger partial charge in [0, 0.05) is 25.5 Å². The van der Waals surface area contributed by atoms with Crippen LogP contribution in [0.2, 0.25) is 0 Å². The van der Waals surface area contributed by atoms with Crippen LogP contribution in [0.3, 0.4) is 0 Å². The van der Waals surface area contributed by atoms with Gasteiger partial charge >= 0.3 is 6.18 Å². The molecule has 0 aliphatic carbocycles. The van der Waals surface area contributed by atoms with Crippen LogP contribution in [-0.2, 0) is 10.9 Å². The SMILES string of the molecule is O=C(c1cn2cc(-c3ccc(C(F)(F)F)cc3)ccc2n1)N1CCOCC1. The molecule has 3 heterocycles. The van der Waals surface area contributed by atoms with Crippen molar-refractivity contribution in [3.8, 4) is 11.1 Å². The predicted molar refractivity (Wildman–Crippen MR) is 92.4 cm³/mol. The third kappa shape index (κ3) is 3.52. The lowest BCUT2D eigenvalue weighted by Gasteiger charge is -2.25. The second-order valence-electron chi connectivity index (χ2n) is 6.29. The molecule has 0 bridgehead atoms. The van der Waals surface area contributed by atoms with Crippen molar-refractivity contribution in [2.75, 3.05) is 26.3 Å². The average molecular weight is 375 g/mol. The van der Waals surface area contributed by atoms with Crippen molar-refractivity contribution in [3.63, 3.8) is 0 Å². The molecule has 0 radical (unpaired) electrons. The number of carbonyl (C=O) groups is 1. The van der Waals surface area contributed by atoms with E-state index in [0.717, 1.165) is 17.7 Å². The Morgan fingerprint density at radius 2 is 1.63 bits per heavy atom. The van der Waals surface area contributed by atoms with Gasteiger partial charge in [0.25, 0.3) is 5.91 Å². The fourth-order valence-electron chi connectivity index (χ4n) is 3.05. The highest BCUT2D eigenvalue weighted by atomic mass is 19.4. The molecule has 8 heteroatoms. The highest BCUT2D eigenvalue weighted by molar-refractivity contribution is 5.93. The number of rotatable bonds is 2. The standard InChI is InChI=1S/C19H16F3N3O2/c20-19(21,22)15-4-1-13(2-5-15)14-3-6-17-23-16(12-25(17)11-14)18(26)24-7-9-27-10-8-24/h1-6,11-12H,7-10H2. The molecule has 3 aromatic rings. The van der Waals surface area contributed by atoms with Crippen molar-refractivity contribution >= 4 is 11.6 Å². The Balaban J connectivity index is 1.62. The molecule has 0 saturated carbocycles. The molecule has 1 saturated heterocycles. The highest BCUT2D eigenvalue weighted by Crippen LogP contribution is 2.31. The van der Waals surface area contributed by atoms with Gasteiger partial charge < -0.3 is 14.0 Å². The largest absolute Gasteiger partial charge is 0.416 e. The third-order valence-corrected chi connectivity index (χ3v) is 4.51. The van der Waals surface area contributed by atoms with E-state index < -0.39 is 11.7 Å². The molecule has 2 aromatic heterocycles. The number of ether oxygens (including phenoxy) is 1. The van der Waals surface area contributed by atoms with Gasteiger partial charge in [0.1, 0.15) is 11.3 Å². The molecule has 0 unspecified atom stereocenters. The number of alkyl halides is 3. The minimum Gasteiger partial charge on any atom is -0.378 e. The van der Waals surface area contributed by atoms with Crippen molar-refractivity contribution in [2.45, 2.75) is 6.18 Å². The van der Waals surface area contributed by atoms with Crippen LogP contribution in [-0.4, -0.2) is 46.5 Å². The normalized spacial score (nSPS) is 15.3. The molecular formula is C19H16F3N3O2. The van der Waals surface area contributed by atoms with E-state index in [1.54, 1.807) is 33.8 Å². The second kappa shape index (κ2) is 6.70. The summed E-state index contributed by atoms with van der Waals surface area (Å²) >= 11 is 0. The molecule has 5 nitrogen and oxygen atoms in total. The van der Waals surface area contributed by atoms with Crippen molar-refractivity contribution in [2.24, 2.45) is 0 Å². The first-order valence-corrected chi connectivity index (χ1v) is 8.45. The quantitative estimate of drug-likeness (QED) is 0.689. The summed E-state index contributed by atoms with van der Waals surface area (Å²) in [7, 11) is 0. The summed E-state index contributed by atoms with van der Waals surface area (Å²) < 4.78 is 45.1. The van der Waals surface area contributed by atoms with E-state index in [4.69, 9.17) is 4.74 Å². The molecule has 0 atom stereocenters. The van der Waals surface area contributed by atoms with E-state index in [1.165, 1.54) is 12.1 Å². The lowest BCUT2D eigenvalue weighted by molar-refractivity contribution is -0.137. The number of imidazole rings is 1. The number of fused-ring (bicyclic) bond motifs is 1. The van der Waals surface area contributed by atoms with E-state index in [1.807, 2.05) is 0 Å². The summed E-state index contributed by atoms with van der Waals surface area (Å²) in [5.74, 6) is -0.155. The van der Waals surface area contributed by atoms with Crippen molar-refractivity contribution in [1.82, 2.24) is 14.3 Å². The Kier molecular flexibility index (Phi) is 4.35. The fraction of sp³-hybridized carbons (Fsp3) is 0.263. The van der Waals surface area contributed by atoms with Crippen LogP contribution in [0.5, 0.6) is 0 Å². The summed E-state index contributed by atoms with van der Waals surface area (Å²) in [6, 6.07) is 8.49. The summed E-state index contributed by atoms with van der Waals surface area (Å²) in [5.41, 5.74) is 1.63. The Hall–Kier alpha value is -2.87. The second-order valence-corrected chi connectivity index (χ2v) is 6.29. The van der Waals surface area contributed by atoms with Crippen LogP contribution >= 0.6 is 0 Å². The van der Waals surface area contributed by atoms with Gasteiger partial charge in [0.15, 0.2) is 0 Å². The maximum Gasteiger partial charge on any atom is 0.416 e. The van der Waals surface area contributed by atoms with Gasteiger partial charge in [0.05, 0.1) is 18.8 Å². The molecule has 140 valence electrons. The molecule has 0 N–H and O–H groups in total. The minimum absolute atomic E-state index is 0.155. The molecular weight excluding hydrogens is 359 g/mol. The minimum atomic E-state index is -4.36. The summed E-state index contributed by atoms with van der Waals surface area (Å²) in [6.07, 6.45) is -0.969. The fourth-order valence-corrected chi connectivity index (χ4v) is 3.05. The van der Waals surface area contributed by atoms with Crippen LogP contribution in [0.1, 0.15) is 16.1 Å². The number of aromatic nitrogens is 2. The van der Waals surface area contributed by atoms with Crippen molar-refractivity contribution < 1.29 is 22.7 Å². The van der Waals surface area contributed by atoms with Crippen LogP contribution in [0.15, 0.2) is 48.8 Å². The van der Waals surface area contributed by atoms with Gasteiger partial charge in [-0.1, -0.05) is 12.1 Å². The Morgan fingerprint density at radius 1 is 0.963 bits per heavy atom. The number of halogens is 3. The monoisotopic (exact) mass is 375 g/mol. The van der Waals surface area contributed by atoms with E-state index in [0.29, 0.717) is 43.2 Å². The van der Waals surface area contributed by atoms with Crippen molar-refractivity contribution in [1.29, 1.82) is 0 Å². The predicted octanol–water partition coefficient (Wildman–Crippen LogP) is 3.49. The maximum atomic E-state index is 12.7. The van der Waals surface area contributed by atoms with Gasteiger partial charge in [-0.3, -0.25) is 4.79 Å². The van der Waals surface area contributed by atoms with Crippen LogP contribution in [0, 0.1) is 0 Å². The summed E-state index contributed by atoms with van der Waals surface area (Å²) in [5, 5.41) is 0. The Labute approximate surface area is 153 Å². The topological polar surface area (TPSA) is 46.8 Å².